The molecule has 0 amide bonds. The van der Waals surface area contributed by atoms with Gasteiger partial charge in [0.15, 0.2) is 11.0 Å². The Morgan fingerprint density at radius 1 is 1.20 bits per heavy atom. The lowest BCUT2D eigenvalue weighted by Crippen LogP contribution is -2.37. The van der Waals surface area contributed by atoms with E-state index >= 15 is 0 Å². The standard InChI is InChI=1S/C8H12ClN5O/c9-6-5(10)7(13-8(11)12-6)14-1-3-15-4-2-14/h1-4,10H2,(H2,11,12,13). The molecule has 0 spiro atoms. The molecule has 2 rings (SSSR count). The Hall–Kier alpha value is -1.27. The lowest BCUT2D eigenvalue weighted by atomic mass is 10.3. The van der Waals surface area contributed by atoms with Crippen molar-refractivity contribution >= 4 is 29.1 Å². The number of hydrogen-bond acceptors (Lipinski definition) is 6. The topological polar surface area (TPSA) is 90.3 Å². The highest BCUT2D eigenvalue weighted by molar-refractivity contribution is 6.32. The molecule has 1 aliphatic rings. The predicted molar refractivity (Wildman–Crippen MR) is 58.9 cm³/mol. The van der Waals surface area contributed by atoms with Crippen molar-refractivity contribution < 1.29 is 4.74 Å². The number of nitrogens with two attached hydrogens (primary N) is 2. The summed E-state index contributed by atoms with van der Waals surface area (Å²) in [5, 5.41) is 0.198. The van der Waals surface area contributed by atoms with Crippen LogP contribution < -0.4 is 16.4 Å². The van der Waals surface area contributed by atoms with Gasteiger partial charge in [0, 0.05) is 13.1 Å². The molecule has 6 nitrogen and oxygen atoms in total. The van der Waals surface area contributed by atoms with Crippen LogP contribution in [0.3, 0.4) is 0 Å². The minimum absolute atomic E-state index is 0.135. The lowest BCUT2D eigenvalue weighted by molar-refractivity contribution is 0.122. The maximum Gasteiger partial charge on any atom is 0.223 e. The van der Waals surface area contributed by atoms with Gasteiger partial charge < -0.3 is 21.1 Å². The molecule has 0 aliphatic carbocycles. The minimum Gasteiger partial charge on any atom is -0.393 e. The Morgan fingerprint density at radius 3 is 2.53 bits per heavy atom. The third-order valence-electron chi connectivity index (χ3n) is 2.21. The second-order valence-corrected chi connectivity index (χ2v) is 3.57. The molecule has 0 saturated carbocycles. The number of morpholine rings is 1. The Labute approximate surface area is 92.2 Å². The second kappa shape index (κ2) is 4.08. The van der Waals surface area contributed by atoms with Gasteiger partial charge in [0.1, 0.15) is 5.69 Å². The van der Waals surface area contributed by atoms with E-state index in [4.69, 9.17) is 27.8 Å². The molecule has 15 heavy (non-hydrogen) atoms. The molecule has 1 aromatic heterocycles. The fraction of sp³-hybridized carbons (Fsp3) is 0.500. The Bertz CT molecular complexity index is 366. The molecule has 0 atom stereocenters. The normalized spacial score (nSPS) is 16.7. The Morgan fingerprint density at radius 2 is 1.87 bits per heavy atom. The molecule has 2 heterocycles. The Kier molecular flexibility index (Phi) is 2.79. The molecular weight excluding hydrogens is 218 g/mol. The summed E-state index contributed by atoms with van der Waals surface area (Å²) < 4.78 is 5.23. The maximum absolute atomic E-state index is 5.82. The summed E-state index contributed by atoms with van der Waals surface area (Å²) in [6, 6.07) is 0. The van der Waals surface area contributed by atoms with Crippen LogP contribution in [0.25, 0.3) is 0 Å². The van der Waals surface area contributed by atoms with Gasteiger partial charge in [-0.05, 0) is 0 Å². The van der Waals surface area contributed by atoms with Crippen LogP contribution in [0.15, 0.2) is 0 Å². The highest BCUT2D eigenvalue weighted by Gasteiger charge is 2.18. The molecule has 82 valence electrons. The van der Waals surface area contributed by atoms with E-state index in [0.29, 0.717) is 24.7 Å². The summed E-state index contributed by atoms with van der Waals surface area (Å²) in [5.41, 5.74) is 11.7. The summed E-state index contributed by atoms with van der Waals surface area (Å²) in [6.45, 7) is 2.77. The van der Waals surface area contributed by atoms with Crippen molar-refractivity contribution in [2.75, 3.05) is 42.7 Å². The number of rotatable bonds is 1. The summed E-state index contributed by atoms with van der Waals surface area (Å²) in [6.07, 6.45) is 0. The van der Waals surface area contributed by atoms with Crippen molar-refractivity contribution in [1.29, 1.82) is 0 Å². The SMILES string of the molecule is Nc1nc(Cl)c(N)c(N2CCOCC2)n1. The van der Waals surface area contributed by atoms with Crippen LogP contribution in [0.1, 0.15) is 0 Å². The van der Waals surface area contributed by atoms with E-state index < -0.39 is 0 Å². The largest absolute Gasteiger partial charge is 0.393 e. The predicted octanol–water partition coefficient (Wildman–Crippen LogP) is 0.131. The first-order valence-electron chi connectivity index (χ1n) is 4.59. The number of nitrogen functional groups attached to an aromatic ring is 2. The van der Waals surface area contributed by atoms with Crippen LogP contribution in [-0.4, -0.2) is 36.3 Å². The summed E-state index contributed by atoms with van der Waals surface area (Å²) in [5.74, 6) is 0.728. The quantitative estimate of drug-likeness (QED) is 0.666. The first-order chi connectivity index (χ1) is 7.18. The van der Waals surface area contributed by atoms with Crippen LogP contribution in [0, 0.1) is 0 Å². The van der Waals surface area contributed by atoms with Crippen molar-refractivity contribution in [1.82, 2.24) is 9.97 Å². The van der Waals surface area contributed by atoms with Crippen LogP contribution in [0.2, 0.25) is 5.15 Å². The lowest BCUT2D eigenvalue weighted by Gasteiger charge is -2.28. The van der Waals surface area contributed by atoms with Crippen molar-refractivity contribution in [2.24, 2.45) is 0 Å². The monoisotopic (exact) mass is 229 g/mol. The molecule has 4 N–H and O–H groups in total. The first-order valence-corrected chi connectivity index (χ1v) is 4.97. The highest BCUT2D eigenvalue weighted by atomic mass is 35.5. The second-order valence-electron chi connectivity index (χ2n) is 3.21. The van der Waals surface area contributed by atoms with E-state index in [1.807, 2.05) is 4.90 Å². The zero-order chi connectivity index (χ0) is 10.8. The summed E-state index contributed by atoms with van der Waals surface area (Å²) in [7, 11) is 0. The van der Waals surface area contributed by atoms with Crippen molar-refractivity contribution in [3.05, 3.63) is 5.15 Å². The van der Waals surface area contributed by atoms with Crippen molar-refractivity contribution in [3.63, 3.8) is 0 Å². The van der Waals surface area contributed by atoms with Crippen LogP contribution in [0.4, 0.5) is 17.5 Å². The van der Waals surface area contributed by atoms with Gasteiger partial charge in [-0.15, -0.1) is 0 Å². The zero-order valence-electron chi connectivity index (χ0n) is 8.11. The van der Waals surface area contributed by atoms with Crippen LogP contribution in [0.5, 0.6) is 0 Å². The number of nitrogens with zero attached hydrogens (tertiary/aromatic N) is 3. The first kappa shape index (κ1) is 10.3. The third kappa shape index (κ3) is 2.05. The molecule has 0 radical (unpaired) electrons. The molecule has 0 bridgehead atoms. The van der Waals surface area contributed by atoms with Crippen LogP contribution >= 0.6 is 11.6 Å². The van der Waals surface area contributed by atoms with E-state index in [1.165, 1.54) is 0 Å². The van der Waals surface area contributed by atoms with Crippen LogP contribution in [-0.2, 0) is 4.74 Å². The van der Waals surface area contributed by atoms with Crippen molar-refractivity contribution in [3.8, 4) is 0 Å². The van der Waals surface area contributed by atoms with Gasteiger partial charge in [-0.25, -0.2) is 0 Å². The average Bonchev–Trinajstić information content (AvgIpc) is 2.24. The molecule has 7 heteroatoms. The number of halogens is 1. The van der Waals surface area contributed by atoms with E-state index in [1.54, 1.807) is 0 Å². The van der Waals surface area contributed by atoms with Gasteiger partial charge in [-0.1, -0.05) is 11.6 Å². The molecule has 0 unspecified atom stereocenters. The third-order valence-corrected chi connectivity index (χ3v) is 2.50. The zero-order valence-corrected chi connectivity index (χ0v) is 8.87. The molecule has 0 aromatic carbocycles. The van der Waals surface area contributed by atoms with Gasteiger partial charge >= 0.3 is 0 Å². The van der Waals surface area contributed by atoms with Gasteiger partial charge in [0.2, 0.25) is 5.95 Å². The summed E-state index contributed by atoms with van der Waals surface area (Å²) >= 11 is 5.82. The molecule has 1 fully saturated rings. The summed E-state index contributed by atoms with van der Waals surface area (Å²) in [4.78, 5) is 9.85. The fourth-order valence-corrected chi connectivity index (χ4v) is 1.63. The minimum atomic E-state index is 0.135. The van der Waals surface area contributed by atoms with E-state index in [9.17, 15) is 0 Å². The number of hydrogen-bond donors (Lipinski definition) is 2. The number of ether oxygens (including phenoxy) is 1. The highest BCUT2D eigenvalue weighted by Crippen LogP contribution is 2.27. The van der Waals surface area contributed by atoms with Gasteiger partial charge in [-0.3, -0.25) is 0 Å². The van der Waals surface area contributed by atoms with Gasteiger partial charge in [-0.2, -0.15) is 9.97 Å². The average molecular weight is 230 g/mol. The molecular formula is C8H12ClN5O. The maximum atomic E-state index is 5.82. The van der Waals surface area contributed by atoms with Crippen molar-refractivity contribution in [2.45, 2.75) is 0 Å². The van der Waals surface area contributed by atoms with E-state index in [2.05, 4.69) is 9.97 Å². The number of aromatic nitrogens is 2. The smallest absolute Gasteiger partial charge is 0.223 e. The van der Waals surface area contributed by atoms with E-state index in [0.717, 1.165) is 13.1 Å². The van der Waals surface area contributed by atoms with Gasteiger partial charge in [0.05, 0.1) is 13.2 Å². The Balaban J connectivity index is 2.33. The molecule has 1 aromatic rings. The van der Waals surface area contributed by atoms with Gasteiger partial charge in [0.25, 0.3) is 0 Å². The fourth-order valence-electron chi connectivity index (χ4n) is 1.46. The van der Waals surface area contributed by atoms with E-state index in [-0.39, 0.29) is 11.1 Å². The molecule has 1 aliphatic heterocycles. The number of anilines is 3. The molecule has 1 saturated heterocycles.